The van der Waals surface area contributed by atoms with Crippen LogP contribution in [0.5, 0.6) is 0 Å². The minimum atomic E-state index is -0.0987. The molecular weight excluding hydrogens is 647 g/mol. The molecule has 4 atom stereocenters. The highest BCUT2D eigenvalue weighted by Gasteiger charge is 2.33. The van der Waals surface area contributed by atoms with E-state index in [-0.39, 0.29) is 18.5 Å². The zero-order chi connectivity index (χ0) is 33.5. The maximum absolute atomic E-state index is 6.68. The summed E-state index contributed by atoms with van der Waals surface area (Å²) in [7, 11) is 0. The van der Waals surface area contributed by atoms with Gasteiger partial charge in [-0.1, -0.05) is 103 Å². The molecular formula is C45H35N3O2S. The summed E-state index contributed by atoms with van der Waals surface area (Å²) in [6, 6.07) is 41.3. The van der Waals surface area contributed by atoms with E-state index >= 15 is 0 Å². The number of para-hydroxylation sites is 1. The van der Waals surface area contributed by atoms with Gasteiger partial charge in [-0.05, 0) is 76.4 Å². The summed E-state index contributed by atoms with van der Waals surface area (Å²) in [4.78, 5) is 1.45. The Morgan fingerprint density at radius 2 is 1.25 bits per heavy atom. The normalized spacial score (nSPS) is 21.7. The van der Waals surface area contributed by atoms with Gasteiger partial charge in [0.2, 0.25) is 0 Å². The summed E-state index contributed by atoms with van der Waals surface area (Å²) in [6.07, 6.45) is 9.63. The molecule has 1 aliphatic heterocycles. The molecule has 5 nitrogen and oxygen atoms in total. The van der Waals surface area contributed by atoms with Gasteiger partial charge in [0.25, 0.3) is 0 Å². The number of hydrogen-bond acceptors (Lipinski definition) is 6. The highest BCUT2D eigenvalue weighted by molar-refractivity contribution is 7.19. The second kappa shape index (κ2) is 11.7. The molecule has 0 radical (unpaired) electrons. The monoisotopic (exact) mass is 681 g/mol. The van der Waals surface area contributed by atoms with E-state index in [0.29, 0.717) is 5.92 Å². The van der Waals surface area contributed by atoms with Crippen molar-refractivity contribution < 1.29 is 8.83 Å². The lowest BCUT2D eigenvalue weighted by Gasteiger charge is -2.41. The van der Waals surface area contributed by atoms with Crippen molar-refractivity contribution in [2.45, 2.75) is 43.7 Å². The van der Waals surface area contributed by atoms with Crippen molar-refractivity contribution in [3.8, 4) is 0 Å². The minimum absolute atomic E-state index is 0.0273. The van der Waals surface area contributed by atoms with Gasteiger partial charge in [-0.2, -0.15) is 0 Å². The molecule has 51 heavy (non-hydrogen) atoms. The quantitative estimate of drug-likeness (QED) is 0.173. The van der Waals surface area contributed by atoms with E-state index in [9.17, 15) is 0 Å². The first-order valence-electron chi connectivity index (χ1n) is 17.9. The van der Waals surface area contributed by atoms with Crippen LogP contribution in [0, 0.1) is 0 Å². The Hall–Kier alpha value is -5.24. The molecule has 3 N–H and O–H groups in total. The predicted octanol–water partition coefficient (Wildman–Crippen LogP) is 10.9. The molecule has 3 aromatic heterocycles. The zero-order valence-corrected chi connectivity index (χ0v) is 28.7. The van der Waals surface area contributed by atoms with Crippen molar-refractivity contribution >= 4 is 66.5 Å². The minimum Gasteiger partial charge on any atom is -0.460 e. The van der Waals surface area contributed by atoms with Crippen LogP contribution in [0.3, 0.4) is 0 Å². The molecule has 4 unspecified atom stereocenters. The van der Waals surface area contributed by atoms with Crippen molar-refractivity contribution in [3.63, 3.8) is 0 Å². The van der Waals surface area contributed by atoms with Crippen LogP contribution in [0.15, 0.2) is 136 Å². The second-order valence-corrected chi connectivity index (χ2v) is 15.1. The van der Waals surface area contributed by atoms with Crippen molar-refractivity contribution in [1.29, 1.82) is 0 Å². The third-order valence-electron chi connectivity index (χ3n) is 11.1. The van der Waals surface area contributed by atoms with E-state index in [4.69, 9.17) is 8.83 Å². The van der Waals surface area contributed by atoms with Gasteiger partial charge >= 0.3 is 0 Å². The molecule has 5 aromatic carbocycles. The fourth-order valence-electron chi connectivity index (χ4n) is 8.53. The number of benzene rings is 5. The SMILES string of the molecule is C1=Cc2c(sc3ccccc23)C(c2ccc3c(c2)oc2cc(C4NC(C5=Cc6c(oc7ccccc67)CC5)NC(c5ccccc5)N4)ccc23)C1. The summed E-state index contributed by atoms with van der Waals surface area (Å²) in [5, 5.41) is 16.5. The Morgan fingerprint density at radius 3 is 2.12 bits per heavy atom. The molecule has 8 aromatic rings. The molecule has 3 aliphatic rings. The fourth-order valence-corrected chi connectivity index (χ4v) is 9.86. The number of rotatable bonds is 4. The van der Waals surface area contributed by atoms with Crippen LogP contribution in [0.25, 0.3) is 55.1 Å². The smallest absolute Gasteiger partial charge is 0.135 e. The van der Waals surface area contributed by atoms with Crippen molar-refractivity contribution in [2.24, 2.45) is 0 Å². The van der Waals surface area contributed by atoms with Crippen LogP contribution in [0.1, 0.15) is 69.5 Å². The number of thiophene rings is 1. The molecule has 0 bridgehead atoms. The summed E-state index contributed by atoms with van der Waals surface area (Å²) >= 11 is 1.93. The summed E-state index contributed by atoms with van der Waals surface area (Å²) in [5.74, 6) is 1.41. The van der Waals surface area contributed by atoms with Gasteiger partial charge < -0.3 is 8.83 Å². The second-order valence-electron chi connectivity index (χ2n) is 14.0. The Labute approximate surface area is 299 Å². The molecule has 1 saturated heterocycles. The third kappa shape index (κ3) is 4.86. The lowest BCUT2D eigenvalue weighted by Crippen LogP contribution is -2.59. The third-order valence-corrected chi connectivity index (χ3v) is 12.4. The van der Waals surface area contributed by atoms with E-state index in [2.05, 4.69) is 143 Å². The Kier molecular flexibility index (Phi) is 6.74. The lowest BCUT2D eigenvalue weighted by atomic mass is 9.87. The van der Waals surface area contributed by atoms with Gasteiger partial charge in [0.1, 0.15) is 22.5 Å². The molecule has 248 valence electrons. The maximum Gasteiger partial charge on any atom is 0.135 e. The first-order valence-corrected chi connectivity index (χ1v) is 18.7. The van der Waals surface area contributed by atoms with Crippen LogP contribution in [0.4, 0.5) is 0 Å². The van der Waals surface area contributed by atoms with E-state index in [1.165, 1.54) is 48.2 Å². The number of allylic oxidation sites excluding steroid dienone is 1. The summed E-state index contributed by atoms with van der Waals surface area (Å²) < 4.78 is 14.3. The van der Waals surface area contributed by atoms with Crippen LogP contribution in [-0.4, -0.2) is 6.17 Å². The van der Waals surface area contributed by atoms with Gasteiger partial charge in [-0.15, -0.1) is 11.3 Å². The van der Waals surface area contributed by atoms with E-state index < -0.39 is 0 Å². The van der Waals surface area contributed by atoms with Crippen molar-refractivity contribution in [3.05, 3.63) is 165 Å². The fraction of sp³-hybridized carbons (Fsp3) is 0.156. The molecule has 4 heterocycles. The van der Waals surface area contributed by atoms with Crippen molar-refractivity contribution in [2.75, 3.05) is 0 Å². The summed E-state index contributed by atoms with van der Waals surface area (Å²) in [5.41, 5.74) is 10.4. The van der Waals surface area contributed by atoms with Crippen LogP contribution in [-0.2, 0) is 6.42 Å². The molecule has 0 spiro atoms. The number of aryl methyl sites for hydroxylation is 1. The molecule has 0 saturated carbocycles. The molecule has 1 fully saturated rings. The first-order chi connectivity index (χ1) is 25.2. The van der Waals surface area contributed by atoms with Gasteiger partial charge in [0.15, 0.2) is 0 Å². The highest BCUT2D eigenvalue weighted by Crippen LogP contribution is 2.45. The largest absolute Gasteiger partial charge is 0.460 e. The number of fused-ring (bicyclic) bond motifs is 9. The Balaban J connectivity index is 0.945. The number of hydrogen-bond donors (Lipinski definition) is 3. The van der Waals surface area contributed by atoms with E-state index in [0.717, 1.165) is 58.1 Å². The number of furan rings is 2. The predicted molar refractivity (Wildman–Crippen MR) is 209 cm³/mol. The van der Waals surface area contributed by atoms with Crippen LogP contribution < -0.4 is 16.0 Å². The number of nitrogens with one attached hydrogen (secondary N) is 3. The standard InChI is InChI=1S/C45H35N3O2S/c1-2-9-26(10-3-1)43-46-44(28-19-22-38-36(23-28)31-11-4-6-15-37(31)49-38)48-45(47-43)29-18-21-33-32-20-17-27(24-39(32)50-40(33)25-29)30-13-8-14-35-34-12-5-7-16-41(34)51-42(30)35/h1-12,14-18,20-21,23-25,30,43-48H,13,19,22H2. The van der Waals surface area contributed by atoms with Gasteiger partial charge in [-0.3, -0.25) is 16.0 Å². The molecule has 11 rings (SSSR count). The molecule has 6 heteroatoms. The zero-order valence-electron chi connectivity index (χ0n) is 27.9. The maximum atomic E-state index is 6.68. The topological polar surface area (TPSA) is 62.4 Å². The van der Waals surface area contributed by atoms with E-state index in [1.54, 1.807) is 0 Å². The Morgan fingerprint density at radius 1 is 0.549 bits per heavy atom. The van der Waals surface area contributed by atoms with Gasteiger partial charge in [0, 0.05) is 43.6 Å². The average Bonchev–Trinajstić information content (AvgIpc) is 3.88. The summed E-state index contributed by atoms with van der Waals surface area (Å²) in [6.45, 7) is 0. The highest BCUT2D eigenvalue weighted by atomic mass is 32.1. The van der Waals surface area contributed by atoms with E-state index in [1.807, 2.05) is 17.4 Å². The van der Waals surface area contributed by atoms with Gasteiger partial charge in [0.05, 0.1) is 18.5 Å². The lowest BCUT2D eigenvalue weighted by molar-refractivity contribution is 0.220. The average molecular weight is 682 g/mol. The molecule has 0 amide bonds. The van der Waals surface area contributed by atoms with Crippen molar-refractivity contribution in [1.82, 2.24) is 16.0 Å². The molecule has 2 aliphatic carbocycles. The van der Waals surface area contributed by atoms with Crippen LogP contribution >= 0.6 is 11.3 Å². The first kappa shape index (κ1) is 29.5. The van der Waals surface area contributed by atoms with Crippen LogP contribution in [0.2, 0.25) is 0 Å². The van der Waals surface area contributed by atoms with Gasteiger partial charge in [-0.25, -0.2) is 0 Å². The Bertz CT molecular complexity index is 2700.